The minimum atomic E-state index is -1.13. The Hall–Kier alpha value is -2.70. The molecule has 1 aromatic rings. The number of hydrogen-bond acceptors (Lipinski definition) is 6. The van der Waals surface area contributed by atoms with Gasteiger partial charge in [-0.15, -0.1) is 0 Å². The van der Waals surface area contributed by atoms with Gasteiger partial charge in [0.05, 0.1) is 12.0 Å². The van der Waals surface area contributed by atoms with E-state index in [1.165, 1.54) is 18.2 Å². The summed E-state index contributed by atoms with van der Waals surface area (Å²) in [6.07, 6.45) is 0.644. The lowest BCUT2D eigenvalue weighted by Crippen LogP contribution is -2.13. The highest BCUT2D eigenvalue weighted by atomic mass is 16.6. The zero-order valence-corrected chi connectivity index (χ0v) is 9.32. The van der Waals surface area contributed by atoms with E-state index in [0.29, 0.717) is 6.08 Å². The molecule has 0 aliphatic heterocycles. The van der Waals surface area contributed by atoms with Crippen molar-refractivity contribution in [3.05, 3.63) is 46.0 Å². The number of ether oxygens (including phenoxy) is 1. The van der Waals surface area contributed by atoms with E-state index in [0.717, 1.165) is 13.2 Å². The Morgan fingerprint density at radius 1 is 1.44 bits per heavy atom. The highest BCUT2D eigenvalue weighted by molar-refractivity contribution is 6.39. The second kappa shape index (κ2) is 5.58. The number of hydrogen-bond donors (Lipinski definition) is 1. The highest BCUT2D eigenvalue weighted by Gasteiger charge is 2.14. The molecule has 7 nitrogen and oxygen atoms in total. The van der Waals surface area contributed by atoms with Gasteiger partial charge in [-0.2, -0.15) is 0 Å². The van der Waals surface area contributed by atoms with Crippen LogP contribution in [-0.2, 0) is 14.3 Å². The van der Waals surface area contributed by atoms with Crippen LogP contribution < -0.4 is 0 Å². The molecule has 0 aliphatic rings. The molecule has 0 amide bonds. The van der Waals surface area contributed by atoms with Gasteiger partial charge in [-0.25, -0.2) is 4.79 Å². The summed E-state index contributed by atoms with van der Waals surface area (Å²) >= 11 is 0. The molecular formula is C11H9NO6. The number of aliphatic hydroxyl groups is 1. The van der Waals surface area contributed by atoms with Gasteiger partial charge in [0.15, 0.2) is 0 Å². The maximum absolute atomic E-state index is 11.1. The van der Waals surface area contributed by atoms with Gasteiger partial charge in [-0.3, -0.25) is 14.9 Å². The monoisotopic (exact) mass is 251 g/mol. The highest BCUT2D eigenvalue weighted by Crippen LogP contribution is 2.18. The third kappa shape index (κ3) is 3.14. The van der Waals surface area contributed by atoms with E-state index in [1.807, 2.05) is 0 Å². The van der Waals surface area contributed by atoms with E-state index < -0.39 is 22.4 Å². The number of methoxy groups -OCH3 is 1. The number of ketones is 1. The van der Waals surface area contributed by atoms with Gasteiger partial charge in [0.25, 0.3) is 11.5 Å². The van der Waals surface area contributed by atoms with Gasteiger partial charge < -0.3 is 9.84 Å². The normalized spacial score (nSPS) is 10.8. The smallest absolute Gasteiger partial charge is 0.378 e. The van der Waals surface area contributed by atoms with Crippen LogP contribution in [0.5, 0.6) is 0 Å². The van der Waals surface area contributed by atoms with Crippen molar-refractivity contribution in [1.29, 1.82) is 0 Å². The number of benzene rings is 1. The summed E-state index contributed by atoms with van der Waals surface area (Å²) < 4.78 is 4.16. The fourth-order valence-corrected chi connectivity index (χ4v) is 1.15. The molecule has 0 fully saturated rings. The Morgan fingerprint density at radius 2 is 2.11 bits per heavy atom. The summed E-state index contributed by atoms with van der Waals surface area (Å²) in [5.74, 6) is -2.73. The van der Waals surface area contributed by atoms with Crippen molar-refractivity contribution < 1.29 is 24.4 Å². The molecule has 0 heterocycles. The fraction of sp³-hybridized carbons (Fsp3) is 0.0909. The van der Waals surface area contributed by atoms with E-state index in [2.05, 4.69) is 4.74 Å². The summed E-state index contributed by atoms with van der Waals surface area (Å²) in [4.78, 5) is 31.8. The predicted molar refractivity (Wildman–Crippen MR) is 60.7 cm³/mol. The van der Waals surface area contributed by atoms with Crippen LogP contribution in [0.2, 0.25) is 0 Å². The van der Waals surface area contributed by atoms with E-state index in [1.54, 1.807) is 0 Å². The second-order valence-electron chi connectivity index (χ2n) is 3.19. The second-order valence-corrected chi connectivity index (χ2v) is 3.19. The predicted octanol–water partition coefficient (Wildman–Crippen LogP) is 1.24. The summed E-state index contributed by atoms with van der Waals surface area (Å²) in [5, 5.41) is 20.1. The topological polar surface area (TPSA) is 107 Å². The van der Waals surface area contributed by atoms with Gasteiger partial charge in [-0.05, 0) is 0 Å². The Kier molecular flexibility index (Phi) is 4.14. The lowest BCUT2D eigenvalue weighted by molar-refractivity contribution is -0.384. The van der Waals surface area contributed by atoms with Crippen LogP contribution in [0.1, 0.15) is 5.56 Å². The summed E-state index contributed by atoms with van der Waals surface area (Å²) in [7, 11) is 1.03. The van der Waals surface area contributed by atoms with Crippen LogP contribution in [0.3, 0.4) is 0 Å². The number of nitro benzene ring substituents is 1. The van der Waals surface area contributed by atoms with Crippen LogP contribution in [0, 0.1) is 10.1 Å². The average molecular weight is 251 g/mol. The first-order chi connectivity index (χ1) is 8.45. The van der Waals surface area contributed by atoms with Crippen molar-refractivity contribution in [2.45, 2.75) is 0 Å². The Labute approximate surface area is 101 Å². The molecule has 1 aromatic carbocycles. The number of non-ortho nitro benzene ring substituents is 1. The third-order valence-electron chi connectivity index (χ3n) is 2.01. The molecule has 0 aliphatic carbocycles. The number of nitrogens with zero attached hydrogens (tertiary/aromatic N) is 1. The molecule has 0 bridgehead atoms. The van der Waals surface area contributed by atoms with Crippen LogP contribution in [0.25, 0.3) is 5.76 Å². The Morgan fingerprint density at radius 3 is 2.67 bits per heavy atom. The molecule has 94 valence electrons. The molecule has 18 heavy (non-hydrogen) atoms. The van der Waals surface area contributed by atoms with Crippen LogP contribution in [0.4, 0.5) is 5.69 Å². The van der Waals surface area contributed by atoms with Crippen LogP contribution in [0.15, 0.2) is 30.3 Å². The van der Waals surface area contributed by atoms with E-state index >= 15 is 0 Å². The van der Waals surface area contributed by atoms with Gasteiger partial charge in [0.1, 0.15) is 5.76 Å². The van der Waals surface area contributed by atoms with Crippen molar-refractivity contribution in [1.82, 2.24) is 0 Å². The minimum Gasteiger partial charge on any atom is -0.507 e. The summed E-state index contributed by atoms with van der Waals surface area (Å²) in [6.45, 7) is 0. The molecule has 1 N–H and O–H groups in total. The zero-order valence-electron chi connectivity index (χ0n) is 9.32. The number of esters is 1. The third-order valence-corrected chi connectivity index (χ3v) is 2.01. The van der Waals surface area contributed by atoms with Crippen molar-refractivity contribution in [3.8, 4) is 0 Å². The molecule has 1 rings (SSSR count). The zero-order chi connectivity index (χ0) is 13.7. The first kappa shape index (κ1) is 13.4. The van der Waals surface area contributed by atoms with Crippen LogP contribution in [-0.4, -0.2) is 28.9 Å². The van der Waals surface area contributed by atoms with Crippen molar-refractivity contribution in [3.63, 3.8) is 0 Å². The standard InChI is InChI=1S/C11H9NO6/c1-18-11(15)10(14)6-9(13)7-3-2-4-8(5-7)12(16)17/h2-6,13H,1H3. The maximum Gasteiger partial charge on any atom is 0.378 e. The summed E-state index contributed by atoms with van der Waals surface area (Å²) in [6, 6.07) is 5.03. The number of rotatable bonds is 4. The average Bonchev–Trinajstić information content (AvgIpc) is 2.37. The van der Waals surface area contributed by atoms with Crippen molar-refractivity contribution >= 4 is 23.2 Å². The summed E-state index contributed by atoms with van der Waals surface area (Å²) in [5.41, 5.74) is -0.181. The number of aliphatic hydroxyl groups excluding tert-OH is 1. The molecular weight excluding hydrogens is 242 g/mol. The van der Waals surface area contributed by atoms with Gasteiger partial charge in [-0.1, -0.05) is 12.1 Å². The lowest BCUT2D eigenvalue weighted by atomic mass is 10.1. The first-order valence-corrected chi connectivity index (χ1v) is 4.73. The van der Waals surface area contributed by atoms with Crippen molar-refractivity contribution in [2.24, 2.45) is 0 Å². The van der Waals surface area contributed by atoms with Crippen LogP contribution >= 0.6 is 0 Å². The largest absolute Gasteiger partial charge is 0.507 e. The quantitative estimate of drug-likeness (QED) is 0.215. The molecule has 0 aromatic heterocycles. The SMILES string of the molecule is COC(=O)C(=O)C=C(O)c1cccc([N+](=O)[O-])c1. The fourth-order valence-electron chi connectivity index (χ4n) is 1.15. The molecule has 0 spiro atoms. The van der Waals surface area contributed by atoms with Crippen molar-refractivity contribution in [2.75, 3.05) is 7.11 Å². The molecule has 0 radical (unpaired) electrons. The molecule has 7 heteroatoms. The molecule has 0 saturated heterocycles. The van der Waals surface area contributed by atoms with E-state index in [9.17, 15) is 24.8 Å². The number of carbonyl (C=O) groups excluding carboxylic acids is 2. The van der Waals surface area contributed by atoms with Gasteiger partial charge in [0, 0.05) is 23.8 Å². The van der Waals surface area contributed by atoms with Gasteiger partial charge in [0.2, 0.25) is 0 Å². The number of carbonyl (C=O) groups is 2. The number of nitro groups is 1. The minimum absolute atomic E-state index is 0.0569. The van der Waals surface area contributed by atoms with E-state index in [4.69, 9.17) is 0 Å². The lowest BCUT2D eigenvalue weighted by Gasteiger charge is -1.99. The van der Waals surface area contributed by atoms with E-state index in [-0.39, 0.29) is 11.3 Å². The Balaban J connectivity index is 3.03. The molecule has 0 atom stereocenters. The van der Waals surface area contributed by atoms with Gasteiger partial charge >= 0.3 is 5.97 Å². The molecule has 0 saturated carbocycles. The first-order valence-electron chi connectivity index (χ1n) is 4.73. The molecule has 0 unspecified atom stereocenters. The maximum atomic E-state index is 11.1. The Bertz CT molecular complexity index is 534.